The molecular weight excluding hydrogens is 260 g/mol. The average Bonchev–Trinajstić information content (AvgIpc) is 2.48. The Balaban J connectivity index is 2.33. The zero-order valence-corrected chi connectivity index (χ0v) is 11.9. The Morgan fingerprint density at radius 1 is 1.40 bits per heavy atom. The zero-order valence-electron chi connectivity index (χ0n) is 11.9. The van der Waals surface area contributed by atoms with Gasteiger partial charge in [0.05, 0.1) is 32.3 Å². The second-order valence-corrected chi connectivity index (χ2v) is 4.58. The standard InChI is InChI=1S/C13H24N4O3/c14-2-1-4-17(13(18)12-20-9-3-15)6-5-16-7-10-19-11-8-16/h1,3-12,15H2. The van der Waals surface area contributed by atoms with Crippen LogP contribution in [0.2, 0.25) is 0 Å². The van der Waals surface area contributed by atoms with E-state index in [1.165, 1.54) is 0 Å². The maximum Gasteiger partial charge on any atom is 0.248 e. The molecule has 1 fully saturated rings. The molecule has 1 rings (SSSR count). The van der Waals surface area contributed by atoms with E-state index in [0.29, 0.717) is 32.7 Å². The van der Waals surface area contributed by atoms with Crippen LogP contribution < -0.4 is 5.73 Å². The number of carbonyl (C=O) groups is 1. The van der Waals surface area contributed by atoms with Gasteiger partial charge in [-0.3, -0.25) is 9.69 Å². The van der Waals surface area contributed by atoms with Crippen molar-refractivity contribution < 1.29 is 14.3 Å². The summed E-state index contributed by atoms with van der Waals surface area (Å²) in [4.78, 5) is 16.0. The summed E-state index contributed by atoms with van der Waals surface area (Å²) in [5, 5.41) is 8.67. The highest BCUT2D eigenvalue weighted by Gasteiger charge is 2.16. The van der Waals surface area contributed by atoms with Gasteiger partial charge in [0.2, 0.25) is 5.91 Å². The largest absolute Gasteiger partial charge is 0.379 e. The molecule has 1 aliphatic rings. The third-order valence-electron chi connectivity index (χ3n) is 3.12. The van der Waals surface area contributed by atoms with Crippen LogP contribution in [0.3, 0.4) is 0 Å². The fourth-order valence-electron chi connectivity index (χ4n) is 1.97. The number of morpholine rings is 1. The fourth-order valence-corrected chi connectivity index (χ4v) is 1.97. The molecule has 0 unspecified atom stereocenters. The number of rotatable bonds is 9. The first kappa shape index (κ1) is 16.9. The number of amides is 1. The van der Waals surface area contributed by atoms with Crippen LogP contribution in [0.15, 0.2) is 0 Å². The molecule has 7 heteroatoms. The minimum atomic E-state index is -0.0815. The summed E-state index contributed by atoms with van der Waals surface area (Å²) >= 11 is 0. The van der Waals surface area contributed by atoms with Gasteiger partial charge >= 0.3 is 0 Å². The van der Waals surface area contributed by atoms with Gasteiger partial charge in [-0.25, -0.2) is 0 Å². The SMILES string of the molecule is N#CCCN(CCN1CCOCC1)C(=O)COCCN. The highest BCUT2D eigenvalue weighted by molar-refractivity contribution is 5.77. The maximum absolute atomic E-state index is 12.0. The summed E-state index contributed by atoms with van der Waals surface area (Å²) in [6.07, 6.45) is 0.339. The third kappa shape index (κ3) is 6.82. The van der Waals surface area contributed by atoms with Crippen molar-refractivity contribution in [3.8, 4) is 6.07 Å². The van der Waals surface area contributed by atoms with Gasteiger partial charge < -0.3 is 20.1 Å². The molecule has 0 atom stereocenters. The Kier molecular flexibility index (Phi) is 8.91. The zero-order chi connectivity index (χ0) is 14.6. The Labute approximate surface area is 120 Å². The van der Waals surface area contributed by atoms with Crippen LogP contribution in [0.4, 0.5) is 0 Å². The minimum Gasteiger partial charge on any atom is -0.379 e. The molecule has 1 amide bonds. The summed E-state index contributed by atoms with van der Waals surface area (Å²) in [5.41, 5.74) is 5.32. The van der Waals surface area contributed by atoms with Crippen molar-refractivity contribution in [3.05, 3.63) is 0 Å². The molecule has 0 aromatic rings. The summed E-state index contributed by atoms with van der Waals surface area (Å²) in [5.74, 6) is -0.0815. The van der Waals surface area contributed by atoms with Crippen LogP contribution in [0.1, 0.15) is 6.42 Å². The van der Waals surface area contributed by atoms with E-state index < -0.39 is 0 Å². The molecular formula is C13H24N4O3. The van der Waals surface area contributed by atoms with Crippen molar-refractivity contribution in [2.75, 3.05) is 65.7 Å². The van der Waals surface area contributed by atoms with Crippen molar-refractivity contribution in [2.24, 2.45) is 5.73 Å². The Morgan fingerprint density at radius 2 is 2.15 bits per heavy atom. The van der Waals surface area contributed by atoms with Gasteiger partial charge in [-0.2, -0.15) is 5.26 Å². The number of nitrogens with zero attached hydrogens (tertiary/aromatic N) is 3. The number of nitriles is 1. The molecule has 1 aliphatic heterocycles. The fraction of sp³-hybridized carbons (Fsp3) is 0.846. The van der Waals surface area contributed by atoms with E-state index in [4.69, 9.17) is 20.5 Å². The molecule has 0 spiro atoms. The van der Waals surface area contributed by atoms with Crippen molar-refractivity contribution in [2.45, 2.75) is 6.42 Å². The molecule has 7 nitrogen and oxygen atoms in total. The van der Waals surface area contributed by atoms with E-state index in [1.54, 1.807) is 4.90 Å². The normalized spacial score (nSPS) is 15.8. The number of ether oxygens (including phenoxy) is 2. The lowest BCUT2D eigenvalue weighted by atomic mass is 10.3. The lowest BCUT2D eigenvalue weighted by Crippen LogP contribution is -2.44. The number of carbonyl (C=O) groups excluding carboxylic acids is 1. The Morgan fingerprint density at radius 3 is 2.80 bits per heavy atom. The van der Waals surface area contributed by atoms with Gasteiger partial charge in [-0.1, -0.05) is 0 Å². The summed E-state index contributed by atoms with van der Waals surface area (Å²) in [7, 11) is 0. The molecule has 0 aromatic heterocycles. The molecule has 0 bridgehead atoms. The van der Waals surface area contributed by atoms with Gasteiger partial charge in [0.15, 0.2) is 0 Å². The third-order valence-corrected chi connectivity index (χ3v) is 3.12. The quantitative estimate of drug-likeness (QED) is 0.548. The van der Waals surface area contributed by atoms with Gasteiger partial charge in [0.1, 0.15) is 6.61 Å². The highest BCUT2D eigenvalue weighted by atomic mass is 16.5. The predicted octanol–water partition coefficient (Wildman–Crippen LogP) is -0.964. The van der Waals surface area contributed by atoms with Crippen molar-refractivity contribution in [1.29, 1.82) is 5.26 Å². The van der Waals surface area contributed by atoms with Crippen molar-refractivity contribution in [1.82, 2.24) is 9.80 Å². The first-order valence-corrected chi connectivity index (χ1v) is 7.00. The first-order chi connectivity index (χ1) is 9.77. The summed E-state index contributed by atoms with van der Waals surface area (Å²) in [6.45, 7) is 5.95. The topological polar surface area (TPSA) is 91.8 Å². The van der Waals surface area contributed by atoms with Crippen molar-refractivity contribution >= 4 is 5.91 Å². The predicted molar refractivity (Wildman–Crippen MR) is 73.9 cm³/mol. The van der Waals surface area contributed by atoms with E-state index in [2.05, 4.69) is 11.0 Å². The van der Waals surface area contributed by atoms with Crippen molar-refractivity contribution in [3.63, 3.8) is 0 Å². The van der Waals surface area contributed by atoms with E-state index >= 15 is 0 Å². The second-order valence-electron chi connectivity index (χ2n) is 4.58. The van der Waals surface area contributed by atoms with Crippen LogP contribution in [0.25, 0.3) is 0 Å². The molecule has 0 aliphatic carbocycles. The molecule has 0 saturated carbocycles. The molecule has 114 valence electrons. The van der Waals surface area contributed by atoms with Crippen LogP contribution in [0, 0.1) is 11.3 Å². The van der Waals surface area contributed by atoms with Crippen LogP contribution >= 0.6 is 0 Å². The monoisotopic (exact) mass is 284 g/mol. The number of hydrogen-bond acceptors (Lipinski definition) is 6. The van der Waals surface area contributed by atoms with E-state index in [1.807, 2.05) is 0 Å². The lowest BCUT2D eigenvalue weighted by molar-refractivity contribution is -0.136. The maximum atomic E-state index is 12.0. The van der Waals surface area contributed by atoms with E-state index in [9.17, 15) is 4.79 Å². The van der Waals surface area contributed by atoms with Gasteiger partial charge in [-0.05, 0) is 0 Å². The summed E-state index contributed by atoms with van der Waals surface area (Å²) in [6, 6.07) is 2.07. The molecule has 1 saturated heterocycles. The van der Waals surface area contributed by atoms with Crippen LogP contribution in [-0.4, -0.2) is 81.4 Å². The van der Waals surface area contributed by atoms with Crippen LogP contribution in [-0.2, 0) is 14.3 Å². The molecule has 0 aromatic carbocycles. The number of nitrogens with two attached hydrogens (primary N) is 1. The van der Waals surface area contributed by atoms with Crippen LogP contribution in [0.5, 0.6) is 0 Å². The van der Waals surface area contributed by atoms with Gasteiger partial charge in [-0.15, -0.1) is 0 Å². The molecule has 20 heavy (non-hydrogen) atoms. The lowest BCUT2D eigenvalue weighted by Gasteiger charge is -2.29. The molecule has 1 heterocycles. The molecule has 2 N–H and O–H groups in total. The second kappa shape index (κ2) is 10.6. The first-order valence-electron chi connectivity index (χ1n) is 7.00. The Hall–Kier alpha value is -1.20. The van der Waals surface area contributed by atoms with Gasteiger partial charge in [0, 0.05) is 39.3 Å². The Bertz CT molecular complexity index is 313. The highest BCUT2D eigenvalue weighted by Crippen LogP contribution is 2.00. The van der Waals surface area contributed by atoms with Gasteiger partial charge in [0.25, 0.3) is 0 Å². The van der Waals surface area contributed by atoms with E-state index in [-0.39, 0.29) is 12.5 Å². The van der Waals surface area contributed by atoms with E-state index in [0.717, 1.165) is 32.8 Å². The average molecular weight is 284 g/mol. The smallest absolute Gasteiger partial charge is 0.248 e. The summed E-state index contributed by atoms with van der Waals surface area (Å²) < 4.78 is 10.5. The molecule has 0 radical (unpaired) electrons. The minimum absolute atomic E-state index is 0.0335. The number of hydrogen-bond donors (Lipinski definition) is 1.